The van der Waals surface area contributed by atoms with Crippen LogP contribution in [-0.2, 0) is 0 Å². The predicted molar refractivity (Wildman–Crippen MR) is 60.5 cm³/mol. The lowest BCUT2D eigenvalue weighted by Gasteiger charge is -2.01. The van der Waals surface area contributed by atoms with E-state index >= 15 is 0 Å². The van der Waals surface area contributed by atoms with Crippen molar-refractivity contribution in [2.45, 2.75) is 0 Å². The maximum Gasteiger partial charge on any atom is 0.270 e. The van der Waals surface area contributed by atoms with Gasteiger partial charge in [0.25, 0.3) is 5.69 Å². The molecule has 0 saturated carbocycles. The van der Waals surface area contributed by atoms with Gasteiger partial charge in [0.05, 0.1) is 24.1 Å². The highest BCUT2D eigenvalue weighted by molar-refractivity contribution is 5.52. The highest BCUT2D eigenvalue weighted by Gasteiger charge is 2.09. The zero-order valence-electron chi connectivity index (χ0n) is 8.95. The molecule has 0 bridgehead atoms. The second-order valence-electron chi connectivity index (χ2n) is 2.83. The highest BCUT2D eigenvalue weighted by atomic mass is 16.6. The zero-order valence-corrected chi connectivity index (χ0v) is 8.95. The van der Waals surface area contributed by atoms with Gasteiger partial charge in [-0.15, -0.1) is 0 Å². The first-order valence-electron chi connectivity index (χ1n) is 4.51. The van der Waals surface area contributed by atoms with E-state index in [9.17, 15) is 10.1 Å². The predicted octanol–water partition coefficient (Wildman–Crippen LogP) is 2.27. The third kappa shape index (κ3) is 3.41. The molecule has 0 N–H and O–H groups in total. The van der Waals surface area contributed by atoms with Gasteiger partial charge in [0.2, 0.25) is 0 Å². The molecule has 1 rings (SSSR count). The smallest absolute Gasteiger partial charge is 0.270 e. The minimum Gasteiger partial charge on any atom is -0.495 e. The van der Waals surface area contributed by atoms with Crippen molar-refractivity contribution in [3.05, 3.63) is 44.3 Å². The number of rotatable bonds is 3. The molecule has 1 aromatic carbocycles. The minimum atomic E-state index is -0.516. The first-order chi connectivity index (χ1) is 8.19. The molecule has 7 heteroatoms. The first-order valence-corrected chi connectivity index (χ1v) is 4.51. The van der Waals surface area contributed by atoms with Gasteiger partial charge in [-0.1, -0.05) is 17.0 Å². The zero-order chi connectivity index (χ0) is 12.7. The molecule has 0 fully saturated rings. The second kappa shape index (κ2) is 6.00. The van der Waals surface area contributed by atoms with E-state index in [1.165, 1.54) is 25.3 Å². The average Bonchev–Trinajstić information content (AvgIpc) is 2.34. The molecule has 0 unspecified atom stereocenters. The number of non-ortho nitro benzene ring substituents is 1. The van der Waals surface area contributed by atoms with E-state index in [1.54, 1.807) is 0 Å². The molecule has 17 heavy (non-hydrogen) atoms. The molecule has 0 spiro atoms. The molecule has 0 atom stereocenters. The summed E-state index contributed by atoms with van der Waals surface area (Å²) in [6, 6.07) is 4.11. The molecular weight excluding hydrogens is 224 g/mol. The van der Waals surface area contributed by atoms with Crippen LogP contribution in [0, 0.1) is 22.0 Å². The van der Waals surface area contributed by atoms with Gasteiger partial charge < -0.3 is 4.74 Å². The Morgan fingerprint density at radius 2 is 2.41 bits per heavy atom. The van der Waals surface area contributed by atoms with Crippen LogP contribution in [0.5, 0.6) is 5.75 Å². The SMILES string of the molecule is COc1ccc([N+](=O)[O-])cc1C#CCN=[N+]=[N-]. The Balaban J connectivity index is 3.08. The number of hydrogen-bond acceptors (Lipinski definition) is 4. The molecule has 0 heterocycles. The Bertz CT molecular complexity index is 538. The van der Waals surface area contributed by atoms with E-state index in [1.807, 2.05) is 0 Å². The molecule has 7 nitrogen and oxygen atoms in total. The summed E-state index contributed by atoms with van der Waals surface area (Å²) in [5.41, 5.74) is 8.37. The maximum atomic E-state index is 10.6. The molecule has 0 saturated heterocycles. The third-order valence-electron chi connectivity index (χ3n) is 1.83. The second-order valence-corrected chi connectivity index (χ2v) is 2.83. The number of nitro groups is 1. The fourth-order valence-electron chi connectivity index (χ4n) is 1.11. The molecule has 1 aromatic rings. The van der Waals surface area contributed by atoms with Crippen LogP contribution < -0.4 is 4.74 Å². The van der Waals surface area contributed by atoms with Crippen molar-refractivity contribution >= 4 is 5.69 Å². The lowest BCUT2D eigenvalue weighted by Crippen LogP contribution is -1.92. The van der Waals surface area contributed by atoms with Gasteiger partial charge in [0, 0.05) is 17.0 Å². The highest BCUT2D eigenvalue weighted by Crippen LogP contribution is 2.22. The van der Waals surface area contributed by atoms with Crippen molar-refractivity contribution in [3.8, 4) is 17.6 Å². The van der Waals surface area contributed by atoms with Crippen LogP contribution in [0.4, 0.5) is 5.69 Å². The van der Waals surface area contributed by atoms with Gasteiger partial charge >= 0.3 is 0 Å². The summed E-state index contributed by atoms with van der Waals surface area (Å²) in [7, 11) is 1.44. The van der Waals surface area contributed by atoms with Gasteiger partial charge in [-0.2, -0.15) is 0 Å². The van der Waals surface area contributed by atoms with Crippen LogP contribution in [0.3, 0.4) is 0 Å². The fraction of sp³-hybridized carbons (Fsp3) is 0.200. The summed E-state index contributed by atoms with van der Waals surface area (Å²) in [6.45, 7) is 0.00233. The molecule has 86 valence electrons. The Morgan fingerprint density at radius 1 is 1.65 bits per heavy atom. The van der Waals surface area contributed by atoms with Crippen molar-refractivity contribution in [2.24, 2.45) is 5.11 Å². The van der Waals surface area contributed by atoms with Gasteiger partial charge in [-0.3, -0.25) is 10.1 Å². The Kier molecular flexibility index (Phi) is 4.36. The monoisotopic (exact) mass is 232 g/mol. The molecule has 0 aliphatic carbocycles. The quantitative estimate of drug-likeness (QED) is 0.199. The minimum absolute atomic E-state index is 0.00233. The summed E-state index contributed by atoms with van der Waals surface area (Å²) in [6.07, 6.45) is 0. The van der Waals surface area contributed by atoms with Crippen LogP contribution >= 0.6 is 0 Å². The number of nitrogens with zero attached hydrogens (tertiary/aromatic N) is 4. The summed E-state index contributed by atoms with van der Waals surface area (Å²) in [4.78, 5) is 12.6. The van der Waals surface area contributed by atoms with E-state index < -0.39 is 4.92 Å². The number of nitro benzene ring substituents is 1. The third-order valence-corrected chi connectivity index (χ3v) is 1.83. The number of hydrogen-bond donors (Lipinski definition) is 0. The molecule has 0 aliphatic rings. The van der Waals surface area contributed by atoms with Gasteiger partial charge in [0.1, 0.15) is 5.75 Å². The maximum absolute atomic E-state index is 10.6. The standard InChI is InChI=1S/C10H8N4O3/c1-17-10-5-4-9(14(15)16)7-8(10)3-2-6-12-13-11/h4-5,7H,6H2,1H3. The van der Waals surface area contributed by atoms with E-state index in [-0.39, 0.29) is 12.2 Å². The summed E-state index contributed by atoms with van der Waals surface area (Å²) >= 11 is 0. The Morgan fingerprint density at radius 3 is 3.00 bits per heavy atom. The Labute approximate surface area is 96.8 Å². The number of azide groups is 1. The summed E-state index contributed by atoms with van der Waals surface area (Å²) in [5.74, 6) is 5.65. The summed E-state index contributed by atoms with van der Waals surface area (Å²) in [5, 5.41) is 13.8. The number of ether oxygens (including phenoxy) is 1. The van der Waals surface area contributed by atoms with Crippen molar-refractivity contribution in [1.82, 2.24) is 0 Å². The van der Waals surface area contributed by atoms with Gasteiger partial charge in [-0.05, 0) is 11.6 Å². The summed E-state index contributed by atoms with van der Waals surface area (Å²) < 4.78 is 5.01. The Hall–Kier alpha value is -2.71. The van der Waals surface area contributed by atoms with Crippen LogP contribution in [-0.4, -0.2) is 18.6 Å². The molecule has 0 aliphatic heterocycles. The lowest BCUT2D eigenvalue weighted by molar-refractivity contribution is -0.384. The number of methoxy groups -OCH3 is 1. The van der Waals surface area contributed by atoms with Crippen LogP contribution in [0.1, 0.15) is 5.56 Å². The van der Waals surface area contributed by atoms with E-state index in [4.69, 9.17) is 10.3 Å². The largest absolute Gasteiger partial charge is 0.495 e. The first kappa shape index (κ1) is 12.4. The van der Waals surface area contributed by atoms with Gasteiger partial charge in [0.15, 0.2) is 0 Å². The van der Waals surface area contributed by atoms with E-state index in [0.717, 1.165) is 0 Å². The van der Waals surface area contributed by atoms with E-state index in [0.29, 0.717) is 11.3 Å². The van der Waals surface area contributed by atoms with Crippen LogP contribution in [0.25, 0.3) is 10.4 Å². The number of benzene rings is 1. The average molecular weight is 232 g/mol. The lowest BCUT2D eigenvalue weighted by atomic mass is 10.2. The molecular formula is C10H8N4O3. The molecule has 0 amide bonds. The van der Waals surface area contributed by atoms with Crippen molar-refractivity contribution in [3.63, 3.8) is 0 Å². The topological polar surface area (TPSA) is 101 Å². The normalized spacial score (nSPS) is 8.53. The van der Waals surface area contributed by atoms with Gasteiger partial charge in [-0.25, -0.2) is 0 Å². The van der Waals surface area contributed by atoms with Crippen LogP contribution in [0.2, 0.25) is 0 Å². The molecule has 0 radical (unpaired) electrons. The van der Waals surface area contributed by atoms with Crippen molar-refractivity contribution < 1.29 is 9.66 Å². The van der Waals surface area contributed by atoms with Crippen LogP contribution in [0.15, 0.2) is 23.3 Å². The van der Waals surface area contributed by atoms with Crippen molar-refractivity contribution in [2.75, 3.05) is 13.7 Å². The van der Waals surface area contributed by atoms with Crippen molar-refractivity contribution in [1.29, 1.82) is 0 Å². The fourth-order valence-corrected chi connectivity index (χ4v) is 1.11. The molecule has 0 aromatic heterocycles. The van der Waals surface area contributed by atoms with E-state index in [2.05, 4.69) is 21.9 Å².